The summed E-state index contributed by atoms with van der Waals surface area (Å²) in [6.45, 7) is 2.17. The van der Waals surface area contributed by atoms with Crippen molar-refractivity contribution < 1.29 is 0 Å². The molecule has 252 valence electrons. The van der Waals surface area contributed by atoms with Crippen LogP contribution >= 0.6 is 11.3 Å². The standard InChI is InChI=1S/C49H35N3S/c1-32(26-27-50-2)33-20-23-40-41-24-21-36(30-44(41)49(43(40)29-33,38-14-5-3-6-15-38)39-16-7-4-8-17-39)34-12-11-13-35(28-34)37-22-25-46-51-47-42-18-9-10-19-45(42)53-48(47)52(46)31-37/h3-31H,1-2H3/b32-26+,50-27?. The van der Waals surface area contributed by atoms with Crippen molar-refractivity contribution in [2.24, 2.45) is 4.99 Å². The quantitative estimate of drug-likeness (QED) is 0.159. The lowest BCUT2D eigenvalue weighted by atomic mass is 9.67. The monoisotopic (exact) mass is 697 g/mol. The van der Waals surface area contributed by atoms with E-state index in [1.54, 1.807) is 11.3 Å². The van der Waals surface area contributed by atoms with E-state index in [0.717, 1.165) is 16.7 Å². The van der Waals surface area contributed by atoms with Gasteiger partial charge in [-0.05, 0) is 116 Å². The summed E-state index contributed by atoms with van der Waals surface area (Å²) in [6.07, 6.45) is 6.21. The summed E-state index contributed by atoms with van der Waals surface area (Å²) in [5.41, 5.74) is 16.3. The molecule has 10 rings (SSSR count). The molecule has 4 heteroatoms. The number of imidazole rings is 1. The van der Waals surface area contributed by atoms with E-state index in [1.165, 1.54) is 76.1 Å². The number of hydrogen-bond donors (Lipinski definition) is 0. The third-order valence-corrected chi connectivity index (χ3v) is 12.1. The first kappa shape index (κ1) is 31.4. The lowest BCUT2D eigenvalue weighted by Gasteiger charge is -2.34. The van der Waals surface area contributed by atoms with Gasteiger partial charge in [-0.2, -0.15) is 0 Å². The molecule has 53 heavy (non-hydrogen) atoms. The number of benzene rings is 6. The molecule has 9 aromatic rings. The van der Waals surface area contributed by atoms with Gasteiger partial charge >= 0.3 is 0 Å². The summed E-state index contributed by atoms with van der Waals surface area (Å²) in [6, 6.07) is 58.0. The Morgan fingerprint density at radius 2 is 1.28 bits per heavy atom. The highest BCUT2D eigenvalue weighted by molar-refractivity contribution is 7.25. The fraction of sp³-hybridized carbons (Fsp3) is 0.0612. The van der Waals surface area contributed by atoms with E-state index in [0.29, 0.717) is 0 Å². The average Bonchev–Trinajstić information content (AvgIpc) is 3.86. The molecule has 0 radical (unpaired) electrons. The van der Waals surface area contributed by atoms with Gasteiger partial charge in [0, 0.05) is 29.5 Å². The molecule has 0 fully saturated rings. The van der Waals surface area contributed by atoms with Gasteiger partial charge in [-0.3, -0.25) is 9.39 Å². The maximum atomic E-state index is 5.01. The predicted molar refractivity (Wildman–Crippen MR) is 224 cm³/mol. The van der Waals surface area contributed by atoms with Gasteiger partial charge in [0.15, 0.2) is 0 Å². The number of allylic oxidation sites excluding steroid dienone is 2. The smallest absolute Gasteiger partial charge is 0.138 e. The van der Waals surface area contributed by atoms with Crippen LogP contribution in [0.2, 0.25) is 0 Å². The minimum absolute atomic E-state index is 0.502. The van der Waals surface area contributed by atoms with E-state index < -0.39 is 5.41 Å². The maximum Gasteiger partial charge on any atom is 0.138 e. The molecule has 3 aromatic heterocycles. The van der Waals surface area contributed by atoms with Crippen molar-refractivity contribution in [2.75, 3.05) is 7.05 Å². The zero-order valence-electron chi connectivity index (χ0n) is 29.5. The first-order chi connectivity index (χ1) is 26.1. The Kier molecular flexibility index (Phi) is 7.34. The van der Waals surface area contributed by atoms with E-state index >= 15 is 0 Å². The van der Waals surface area contributed by atoms with Crippen molar-refractivity contribution in [2.45, 2.75) is 12.3 Å². The summed E-state index contributed by atoms with van der Waals surface area (Å²) in [5.74, 6) is 0. The van der Waals surface area contributed by atoms with E-state index in [9.17, 15) is 0 Å². The topological polar surface area (TPSA) is 29.7 Å². The Morgan fingerprint density at radius 1 is 0.642 bits per heavy atom. The highest BCUT2D eigenvalue weighted by atomic mass is 32.1. The molecule has 6 aromatic carbocycles. The molecule has 0 N–H and O–H groups in total. The van der Waals surface area contributed by atoms with Crippen LogP contribution in [0.3, 0.4) is 0 Å². The van der Waals surface area contributed by atoms with Crippen LogP contribution in [-0.2, 0) is 5.41 Å². The van der Waals surface area contributed by atoms with Crippen LogP contribution < -0.4 is 0 Å². The van der Waals surface area contributed by atoms with Gasteiger partial charge in [-0.25, -0.2) is 4.98 Å². The number of aromatic nitrogens is 2. The molecule has 1 aliphatic rings. The molecule has 0 saturated carbocycles. The van der Waals surface area contributed by atoms with Gasteiger partial charge < -0.3 is 0 Å². The molecular weight excluding hydrogens is 663 g/mol. The van der Waals surface area contributed by atoms with Gasteiger partial charge in [0.05, 0.1) is 5.41 Å². The number of rotatable bonds is 6. The average molecular weight is 698 g/mol. The van der Waals surface area contributed by atoms with Gasteiger partial charge in [-0.1, -0.05) is 121 Å². The highest BCUT2D eigenvalue weighted by Crippen LogP contribution is 2.57. The zero-order chi connectivity index (χ0) is 35.5. The summed E-state index contributed by atoms with van der Waals surface area (Å²) in [5, 5.41) is 1.22. The summed E-state index contributed by atoms with van der Waals surface area (Å²) >= 11 is 1.80. The number of thiophene rings is 1. The van der Waals surface area contributed by atoms with E-state index in [2.05, 4.69) is 186 Å². The normalized spacial score (nSPS) is 13.7. The number of pyridine rings is 1. The SMILES string of the molecule is CN=C/C=C(\C)c1ccc2c(c1)C(c1ccccc1)(c1ccccc1)c1cc(-c3cccc(-c4ccc5nc6c7ccccc7sc6n5c4)c3)ccc1-2. The van der Waals surface area contributed by atoms with Gasteiger partial charge in [-0.15, -0.1) is 11.3 Å². The van der Waals surface area contributed by atoms with Crippen LogP contribution in [0.25, 0.3) is 65.0 Å². The van der Waals surface area contributed by atoms with Crippen LogP contribution in [0.5, 0.6) is 0 Å². The second-order valence-corrected chi connectivity index (χ2v) is 14.9. The molecule has 3 nitrogen and oxygen atoms in total. The van der Waals surface area contributed by atoms with E-state index in [-0.39, 0.29) is 0 Å². The third-order valence-electron chi connectivity index (χ3n) is 10.9. The summed E-state index contributed by atoms with van der Waals surface area (Å²) in [7, 11) is 1.81. The molecule has 0 bridgehead atoms. The highest BCUT2D eigenvalue weighted by Gasteiger charge is 2.46. The Balaban J connectivity index is 1.15. The van der Waals surface area contributed by atoms with Crippen molar-refractivity contribution in [3.8, 4) is 33.4 Å². The molecule has 3 heterocycles. The lowest BCUT2D eigenvalue weighted by Crippen LogP contribution is -2.28. The van der Waals surface area contributed by atoms with Crippen LogP contribution in [-0.4, -0.2) is 22.6 Å². The van der Waals surface area contributed by atoms with Crippen LogP contribution in [0.4, 0.5) is 0 Å². The van der Waals surface area contributed by atoms with Crippen molar-refractivity contribution in [3.05, 3.63) is 198 Å². The molecule has 0 atom stereocenters. The number of nitrogens with zero attached hydrogens (tertiary/aromatic N) is 3. The van der Waals surface area contributed by atoms with Gasteiger partial charge in [0.1, 0.15) is 16.0 Å². The third kappa shape index (κ3) is 4.87. The van der Waals surface area contributed by atoms with Gasteiger partial charge in [0.25, 0.3) is 0 Å². The van der Waals surface area contributed by atoms with Crippen molar-refractivity contribution in [1.29, 1.82) is 0 Å². The molecule has 0 spiro atoms. The van der Waals surface area contributed by atoms with Crippen molar-refractivity contribution >= 4 is 49.2 Å². The Hall–Kier alpha value is -6.36. The number of hydrogen-bond acceptors (Lipinski definition) is 3. The fourth-order valence-corrected chi connectivity index (χ4v) is 9.52. The number of fused-ring (bicyclic) bond motifs is 8. The second-order valence-electron chi connectivity index (χ2n) is 13.9. The second kappa shape index (κ2) is 12.4. The minimum atomic E-state index is -0.502. The molecule has 0 unspecified atom stereocenters. The molecule has 1 aliphatic carbocycles. The molecule has 0 aliphatic heterocycles. The molecule has 0 saturated heterocycles. The van der Waals surface area contributed by atoms with Crippen molar-refractivity contribution in [1.82, 2.24) is 9.38 Å². The fourth-order valence-electron chi connectivity index (χ4n) is 8.40. The number of aliphatic imine (C=N–C) groups is 1. The van der Waals surface area contributed by atoms with Crippen LogP contribution in [0.15, 0.2) is 175 Å². The predicted octanol–water partition coefficient (Wildman–Crippen LogP) is 12.5. The Morgan fingerprint density at radius 3 is 2.04 bits per heavy atom. The largest absolute Gasteiger partial charge is 0.297 e. The lowest BCUT2D eigenvalue weighted by molar-refractivity contribution is 0.768. The van der Waals surface area contributed by atoms with E-state index in [4.69, 9.17) is 4.98 Å². The molecular formula is C49H35N3S. The van der Waals surface area contributed by atoms with Crippen molar-refractivity contribution in [3.63, 3.8) is 0 Å². The molecule has 0 amide bonds. The van der Waals surface area contributed by atoms with E-state index in [1.807, 2.05) is 13.3 Å². The Labute approximate surface area is 312 Å². The van der Waals surface area contributed by atoms with Crippen LogP contribution in [0, 0.1) is 0 Å². The maximum absolute atomic E-state index is 5.01. The summed E-state index contributed by atoms with van der Waals surface area (Å²) < 4.78 is 3.52. The van der Waals surface area contributed by atoms with Crippen LogP contribution in [0.1, 0.15) is 34.7 Å². The summed E-state index contributed by atoms with van der Waals surface area (Å²) in [4.78, 5) is 10.4. The first-order valence-electron chi connectivity index (χ1n) is 18.0. The first-order valence-corrected chi connectivity index (χ1v) is 18.9. The van der Waals surface area contributed by atoms with Gasteiger partial charge in [0.2, 0.25) is 0 Å². The minimum Gasteiger partial charge on any atom is -0.297 e. The Bertz CT molecular complexity index is 2870. The zero-order valence-corrected chi connectivity index (χ0v) is 30.3.